The van der Waals surface area contributed by atoms with Crippen LogP contribution in [0, 0.1) is 22.7 Å². The third-order valence-electron chi connectivity index (χ3n) is 2.71. The van der Waals surface area contributed by atoms with Gasteiger partial charge in [-0.3, -0.25) is 4.79 Å². The summed E-state index contributed by atoms with van der Waals surface area (Å²) >= 11 is 5.83. The first kappa shape index (κ1) is 12.8. The zero-order chi connectivity index (χ0) is 13.8. The van der Waals surface area contributed by atoms with Gasteiger partial charge in [-0.05, 0) is 35.4 Å². The number of benzene rings is 2. The maximum absolute atomic E-state index is 11.1. The molecule has 0 saturated carbocycles. The number of halogens is 1. The smallest absolute Gasteiger partial charge is 0.150 e. The highest BCUT2D eigenvalue weighted by molar-refractivity contribution is 6.31. The maximum Gasteiger partial charge on any atom is 0.150 e. The molecule has 0 fully saturated rings. The Morgan fingerprint density at radius 1 is 1.00 bits per heavy atom. The van der Waals surface area contributed by atoms with Gasteiger partial charge in [0.15, 0.2) is 6.29 Å². The summed E-state index contributed by atoms with van der Waals surface area (Å²) in [7, 11) is 0. The van der Waals surface area contributed by atoms with Gasteiger partial charge in [-0.2, -0.15) is 10.5 Å². The van der Waals surface area contributed by atoms with E-state index in [2.05, 4.69) is 0 Å². The molecule has 0 atom stereocenters. The predicted octanol–water partition coefficient (Wildman–Crippen LogP) is 3.56. The number of aldehydes is 1. The molecule has 0 heterocycles. The molecule has 2 aromatic rings. The molecular weight excluding hydrogens is 260 g/mol. The molecule has 0 aliphatic carbocycles. The summed E-state index contributed by atoms with van der Waals surface area (Å²) < 4.78 is 0. The van der Waals surface area contributed by atoms with Crippen LogP contribution < -0.4 is 0 Å². The van der Waals surface area contributed by atoms with Gasteiger partial charge >= 0.3 is 0 Å². The van der Waals surface area contributed by atoms with Crippen molar-refractivity contribution in [1.29, 1.82) is 10.5 Å². The van der Waals surface area contributed by atoms with Crippen molar-refractivity contribution >= 4 is 17.9 Å². The van der Waals surface area contributed by atoms with E-state index in [1.807, 2.05) is 12.1 Å². The van der Waals surface area contributed by atoms with Gasteiger partial charge in [-0.25, -0.2) is 0 Å². The van der Waals surface area contributed by atoms with E-state index in [0.29, 0.717) is 33.6 Å². The fourth-order valence-corrected chi connectivity index (χ4v) is 1.98. The lowest BCUT2D eigenvalue weighted by atomic mass is 9.97. The number of nitriles is 2. The molecule has 0 saturated heterocycles. The average Bonchev–Trinajstić information content (AvgIpc) is 2.46. The van der Waals surface area contributed by atoms with Crippen LogP contribution in [0.1, 0.15) is 21.5 Å². The Bertz CT molecular complexity index is 739. The summed E-state index contributed by atoms with van der Waals surface area (Å²) in [6, 6.07) is 13.7. The van der Waals surface area contributed by atoms with Crippen LogP contribution in [0.3, 0.4) is 0 Å². The molecule has 0 aliphatic heterocycles. The molecule has 0 N–H and O–H groups in total. The molecule has 0 unspecified atom stereocenters. The third-order valence-corrected chi connectivity index (χ3v) is 2.95. The van der Waals surface area contributed by atoms with Gasteiger partial charge < -0.3 is 0 Å². The number of hydrogen-bond donors (Lipinski definition) is 0. The number of carbonyl (C=O) groups is 1. The van der Waals surface area contributed by atoms with E-state index in [-0.39, 0.29) is 5.56 Å². The molecular formula is C15H7ClN2O. The van der Waals surface area contributed by atoms with Crippen molar-refractivity contribution in [2.45, 2.75) is 0 Å². The summed E-state index contributed by atoms with van der Waals surface area (Å²) in [5.41, 5.74) is 2.43. The number of rotatable bonds is 2. The van der Waals surface area contributed by atoms with Crippen molar-refractivity contribution < 1.29 is 4.79 Å². The molecule has 2 aromatic carbocycles. The van der Waals surface area contributed by atoms with Crippen molar-refractivity contribution in [1.82, 2.24) is 0 Å². The Labute approximate surface area is 115 Å². The van der Waals surface area contributed by atoms with Crippen LogP contribution in [0.15, 0.2) is 36.4 Å². The van der Waals surface area contributed by atoms with Gasteiger partial charge in [0.05, 0.1) is 11.1 Å². The van der Waals surface area contributed by atoms with Gasteiger partial charge in [0.25, 0.3) is 0 Å². The van der Waals surface area contributed by atoms with E-state index in [1.165, 1.54) is 0 Å². The highest BCUT2D eigenvalue weighted by Crippen LogP contribution is 2.27. The Hall–Kier alpha value is -2.62. The fraction of sp³-hybridized carbons (Fsp3) is 0. The quantitative estimate of drug-likeness (QED) is 0.781. The van der Waals surface area contributed by atoms with Gasteiger partial charge in [0.2, 0.25) is 0 Å². The van der Waals surface area contributed by atoms with Crippen molar-refractivity contribution in [3.05, 3.63) is 58.1 Å². The topological polar surface area (TPSA) is 64.7 Å². The van der Waals surface area contributed by atoms with Crippen LogP contribution in [0.5, 0.6) is 0 Å². The minimum Gasteiger partial charge on any atom is -0.298 e. The van der Waals surface area contributed by atoms with Gasteiger partial charge in [-0.15, -0.1) is 0 Å². The minimum atomic E-state index is 0.284. The average molecular weight is 267 g/mol. The molecule has 0 bridgehead atoms. The van der Waals surface area contributed by atoms with E-state index in [4.69, 9.17) is 22.1 Å². The SMILES string of the molecule is N#Cc1ccc(-c2ccc(Cl)cc2C=O)cc1C#N. The van der Waals surface area contributed by atoms with Crippen molar-refractivity contribution in [2.75, 3.05) is 0 Å². The van der Waals surface area contributed by atoms with Crippen LogP contribution >= 0.6 is 11.6 Å². The first-order chi connectivity index (χ1) is 9.19. The van der Waals surface area contributed by atoms with Crippen LogP contribution in [-0.2, 0) is 0 Å². The maximum atomic E-state index is 11.1. The molecule has 2 rings (SSSR count). The summed E-state index contributed by atoms with van der Waals surface area (Å²) in [6.45, 7) is 0. The number of nitrogens with zero attached hydrogens (tertiary/aromatic N) is 2. The lowest BCUT2D eigenvalue weighted by Gasteiger charge is -2.06. The zero-order valence-electron chi connectivity index (χ0n) is 9.72. The van der Waals surface area contributed by atoms with E-state index in [1.54, 1.807) is 36.4 Å². The van der Waals surface area contributed by atoms with Crippen molar-refractivity contribution in [3.8, 4) is 23.3 Å². The lowest BCUT2D eigenvalue weighted by Crippen LogP contribution is -1.90. The van der Waals surface area contributed by atoms with E-state index in [0.717, 1.165) is 0 Å². The normalized spacial score (nSPS) is 9.42. The van der Waals surface area contributed by atoms with E-state index in [9.17, 15) is 4.79 Å². The van der Waals surface area contributed by atoms with Gasteiger partial charge in [0, 0.05) is 10.6 Å². The summed E-state index contributed by atoms with van der Waals surface area (Å²) in [5, 5.41) is 18.3. The number of carbonyl (C=O) groups excluding carboxylic acids is 1. The van der Waals surface area contributed by atoms with Crippen LogP contribution in [-0.4, -0.2) is 6.29 Å². The Morgan fingerprint density at radius 3 is 2.37 bits per heavy atom. The second-order valence-corrected chi connectivity index (χ2v) is 4.27. The fourth-order valence-electron chi connectivity index (χ4n) is 1.80. The van der Waals surface area contributed by atoms with Crippen LogP contribution in [0.4, 0.5) is 0 Å². The molecule has 19 heavy (non-hydrogen) atoms. The zero-order valence-corrected chi connectivity index (χ0v) is 10.5. The largest absolute Gasteiger partial charge is 0.298 e. The first-order valence-corrected chi connectivity index (χ1v) is 5.76. The number of hydrogen-bond acceptors (Lipinski definition) is 3. The summed E-state index contributed by atoms with van der Waals surface area (Å²) in [4.78, 5) is 11.1. The van der Waals surface area contributed by atoms with E-state index >= 15 is 0 Å². The molecule has 0 aliphatic rings. The Morgan fingerprint density at radius 2 is 1.74 bits per heavy atom. The predicted molar refractivity (Wildman–Crippen MR) is 71.7 cm³/mol. The van der Waals surface area contributed by atoms with Crippen LogP contribution in [0.2, 0.25) is 5.02 Å². The third kappa shape index (κ3) is 2.47. The van der Waals surface area contributed by atoms with Crippen molar-refractivity contribution in [2.24, 2.45) is 0 Å². The molecule has 4 heteroatoms. The van der Waals surface area contributed by atoms with E-state index < -0.39 is 0 Å². The molecule has 0 spiro atoms. The highest BCUT2D eigenvalue weighted by atomic mass is 35.5. The molecule has 0 amide bonds. The molecule has 3 nitrogen and oxygen atoms in total. The lowest BCUT2D eigenvalue weighted by molar-refractivity contribution is 0.112. The standard InChI is InChI=1S/C15H7ClN2O/c16-14-3-4-15(13(6-14)9-19)10-1-2-11(7-17)12(5-10)8-18/h1-6,9H. The summed E-state index contributed by atoms with van der Waals surface area (Å²) in [5.74, 6) is 0. The second kappa shape index (κ2) is 5.35. The minimum absolute atomic E-state index is 0.284. The van der Waals surface area contributed by atoms with Crippen LogP contribution in [0.25, 0.3) is 11.1 Å². The molecule has 90 valence electrons. The van der Waals surface area contributed by atoms with Crippen molar-refractivity contribution in [3.63, 3.8) is 0 Å². The Kier molecular flexibility index (Phi) is 3.61. The first-order valence-electron chi connectivity index (χ1n) is 5.39. The molecule has 0 radical (unpaired) electrons. The van der Waals surface area contributed by atoms with Gasteiger partial charge in [-0.1, -0.05) is 23.7 Å². The highest BCUT2D eigenvalue weighted by Gasteiger charge is 2.08. The Balaban J connectivity index is 2.64. The monoisotopic (exact) mass is 266 g/mol. The second-order valence-electron chi connectivity index (χ2n) is 3.83. The van der Waals surface area contributed by atoms with Gasteiger partial charge in [0.1, 0.15) is 12.1 Å². The summed E-state index contributed by atoms with van der Waals surface area (Å²) in [6.07, 6.45) is 0.714. The molecule has 0 aromatic heterocycles.